The Balaban J connectivity index is 2.90. The summed E-state index contributed by atoms with van der Waals surface area (Å²) in [6.45, 7) is 6.62. The number of hydrogen-bond acceptors (Lipinski definition) is 6. The zero-order chi connectivity index (χ0) is 14.8. The van der Waals surface area contributed by atoms with Crippen molar-refractivity contribution >= 4 is 12.3 Å². The molecule has 0 saturated heterocycles. The Bertz CT molecular complexity index is 402. The van der Waals surface area contributed by atoms with Crippen LogP contribution in [0.25, 0.3) is 0 Å². The summed E-state index contributed by atoms with van der Waals surface area (Å²) < 4.78 is 15.8. The lowest BCUT2D eigenvalue weighted by Crippen LogP contribution is -2.40. The largest absolute Gasteiger partial charge is 0.482 e. The molecule has 1 rings (SSSR count). The van der Waals surface area contributed by atoms with E-state index < -0.39 is 12.3 Å². The normalized spacial score (nSPS) is 11.2. The number of carbonyl (C=O) groups is 1. The highest BCUT2D eigenvalue weighted by atomic mass is 16.7. The Morgan fingerprint density at radius 2 is 2.10 bits per heavy atom. The smallest absolute Gasteiger partial charge is 0.296 e. The van der Waals surface area contributed by atoms with Gasteiger partial charge in [-0.25, -0.2) is 0 Å². The fourth-order valence-electron chi connectivity index (χ4n) is 1.33. The first kappa shape index (κ1) is 16.1. The van der Waals surface area contributed by atoms with E-state index in [9.17, 15) is 4.79 Å². The molecule has 0 radical (unpaired) electrons. The Morgan fingerprint density at radius 3 is 2.60 bits per heavy atom. The third kappa shape index (κ3) is 4.63. The number of aromatic nitrogens is 2. The van der Waals surface area contributed by atoms with Crippen molar-refractivity contribution in [2.24, 2.45) is 5.10 Å². The molecular weight excluding hydrogens is 264 g/mol. The molecule has 1 N–H and O–H groups in total. The molecule has 1 aromatic heterocycles. The molecule has 1 heterocycles. The molecule has 0 bridgehead atoms. The van der Waals surface area contributed by atoms with E-state index in [-0.39, 0.29) is 5.69 Å². The second kappa shape index (κ2) is 9.05. The van der Waals surface area contributed by atoms with Crippen LogP contribution in [0.3, 0.4) is 0 Å². The molecule has 1 amide bonds. The van der Waals surface area contributed by atoms with Crippen LogP contribution in [0.2, 0.25) is 0 Å². The van der Waals surface area contributed by atoms with E-state index in [1.165, 1.54) is 12.6 Å². The van der Waals surface area contributed by atoms with Crippen molar-refractivity contribution in [3.8, 4) is 0 Å². The molecule has 0 aliphatic carbocycles. The van der Waals surface area contributed by atoms with Gasteiger partial charge >= 0.3 is 0 Å². The van der Waals surface area contributed by atoms with Gasteiger partial charge in [0.05, 0.1) is 6.61 Å². The number of amides is 1. The number of carbonyl (C=O) groups excluding carboxylic acids is 1. The fourth-order valence-corrected chi connectivity index (χ4v) is 1.33. The molecule has 0 spiro atoms. The van der Waals surface area contributed by atoms with Crippen LogP contribution in [0.1, 0.15) is 31.3 Å². The Morgan fingerprint density at radius 1 is 1.40 bits per heavy atom. The maximum Gasteiger partial charge on any atom is 0.296 e. The van der Waals surface area contributed by atoms with Crippen molar-refractivity contribution in [2.75, 3.05) is 19.8 Å². The van der Waals surface area contributed by atoms with Gasteiger partial charge in [0.2, 0.25) is 0 Å². The average molecular weight is 284 g/mol. The van der Waals surface area contributed by atoms with Crippen LogP contribution < -0.4 is 0 Å². The van der Waals surface area contributed by atoms with Gasteiger partial charge in [-0.3, -0.25) is 9.89 Å². The summed E-state index contributed by atoms with van der Waals surface area (Å²) in [7, 11) is 0. The minimum Gasteiger partial charge on any atom is -0.482 e. The summed E-state index contributed by atoms with van der Waals surface area (Å²) in [5, 5.41) is 11.3. The SMILES string of the molecule is CCO/C=N\N(C(=O)c1ccn[nH]1)C(OCC)OCC. The number of ether oxygens (including phenoxy) is 3. The van der Waals surface area contributed by atoms with Gasteiger partial charge in [-0.1, -0.05) is 0 Å². The van der Waals surface area contributed by atoms with Crippen LogP contribution in [0.5, 0.6) is 0 Å². The van der Waals surface area contributed by atoms with E-state index in [2.05, 4.69) is 15.3 Å². The summed E-state index contributed by atoms with van der Waals surface area (Å²) in [6.07, 6.45) is 1.74. The minimum absolute atomic E-state index is 0.281. The zero-order valence-electron chi connectivity index (χ0n) is 11.9. The molecule has 8 nitrogen and oxygen atoms in total. The highest BCUT2D eigenvalue weighted by Gasteiger charge is 2.26. The fraction of sp³-hybridized carbons (Fsp3) is 0.583. The quantitative estimate of drug-likeness (QED) is 0.318. The van der Waals surface area contributed by atoms with Gasteiger partial charge in [0, 0.05) is 19.4 Å². The molecule has 0 fully saturated rings. The van der Waals surface area contributed by atoms with E-state index in [1.54, 1.807) is 19.9 Å². The summed E-state index contributed by atoms with van der Waals surface area (Å²) >= 11 is 0. The lowest BCUT2D eigenvalue weighted by Gasteiger charge is -2.25. The molecule has 0 aliphatic heterocycles. The van der Waals surface area contributed by atoms with Crippen LogP contribution in [0, 0.1) is 0 Å². The van der Waals surface area contributed by atoms with Gasteiger partial charge in [-0.15, -0.1) is 5.10 Å². The van der Waals surface area contributed by atoms with Crippen molar-refractivity contribution in [1.82, 2.24) is 15.2 Å². The molecular formula is C12H20N4O4. The molecule has 1 aromatic rings. The highest BCUT2D eigenvalue weighted by molar-refractivity contribution is 5.92. The first-order chi connectivity index (χ1) is 9.74. The molecule has 0 unspecified atom stereocenters. The maximum atomic E-state index is 12.3. The van der Waals surface area contributed by atoms with Gasteiger partial charge in [0.15, 0.2) is 6.40 Å². The van der Waals surface area contributed by atoms with Crippen molar-refractivity contribution < 1.29 is 19.0 Å². The monoisotopic (exact) mass is 284 g/mol. The molecule has 0 aliphatic rings. The summed E-state index contributed by atoms with van der Waals surface area (Å²) in [6, 6.07) is 1.54. The second-order valence-corrected chi connectivity index (χ2v) is 3.51. The number of hydrazone groups is 1. The van der Waals surface area contributed by atoms with Crippen LogP contribution in [0.4, 0.5) is 0 Å². The van der Waals surface area contributed by atoms with Crippen LogP contribution in [-0.2, 0) is 14.2 Å². The first-order valence-electron chi connectivity index (χ1n) is 6.44. The predicted octanol–water partition coefficient (Wildman–Crippen LogP) is 1.19. The predicted molar refractivity (Wildman–Crippen MR) is 71.9 cm³/mol. The van der Waals surface area contributed by atoms with Gasteiger partial charge < -0.3 is 14.2 Å². The number of aromatic amines is 1. The lowest BCUT2D eigenvalue weighted by molar-refractivity contribution is -0.204. The number of nitrogens with one attached hydrogen (secondary N) is 1. The summed E-state index contributed by atoms with van der Waals surface area (Å²) in [4.78, 5) is 12.3. The van der Waals surface area contributed by atoms with Crippen molar-refractivity contribution in [2.45, 2.75) is 27.2 Å². The Kier molecular flexibility index (Phi) is 7.30. The van der Waals surface area contributed by atoms with E-state index in [0.717, 1.165) is 5.01 Å². The third-order valence-corrected chi connectivity index (χ3v) is 2.17. The molecule has 8 heteroatoms. The van der Waals surface area contributed by atoms with E-state index in [0.29, 0.717) is 19.8 Å². The minimum atomic E-state index is -0.919. The number of H-pyrrole nitrogens is 1. The molecule has 0 aromatic carbocycles. The molecule has 112 valence electrons. The van der Waals surface area contributed by atoms with E-state index >= 15 is 0 Å². The van der Waals surface area contributed by atoms with Crippen LogP contribution in [-0.4, -0.2) is 53.7 Å². The van der Waals surface area contributed by atoms with Crippen LogP contribution in [0.15, 0.2) is 17.4 Å². The van der Waals surface area contributed by atoms with Crippen molar-refractivity contribution in [3.63, 3.8) is 0 Å². The van der Waals surface area contributed by atoms with Gasteiger partial charge in [-0.2, -0.15) is 10.1 Å². The first-order valence-corrected chi connectivity index (χ1v) is 6.44. The molecule has 0 atom stereocenters. The summed E-state index contributed by atoms with van der Waals surface area (Å²) in [5.41, 5.74) is 0.281. The third-order valence-electron chi connectivity index (χ3n) is 2.17. The van der Waals surface area contributed by atoms with Gasteiger partial charge in [0.25, 0.3) is 12.3 Å². The molecule has 20 heavy (non-hydrogen) atoms. The zero-order valence-corrected chi connectivity index (χ0v) is 11.9. The second-order valence-electron chi connectivity index (χ2n) is 3.51. The lowest BCUT2D eigenvalue weighted by atomic mass is 10.4. The van der Waals surface area contributed by atoms with Gasteiger partial charge in [0.1, 0.15) is 5.69 Å². The number of rotatable bonds is 9. The summed E-state index contributed by atoms with van der Waals surface area (Å²) in [5.74, 6) is -0.426. The molecule has 0 saturated carbocycles. The van der Waals surface area contributed by atoms with E-state index in [1.807, 2.05) is 6.92 Å². The van der Waals surface area contributed by atoms with Gasteiger partial charge in [-0.05, 0) is 26.8 Å². The Labute approximate surface area is 117 Å². The van der Waals surface area contributed by atoms with Crippen LogP contribution >= 0.6 is 0 Å². The maximum absolute atomic E-state index is 12.3. The van der Waals surface area contributed by atoms with E-state index in [4.69, 9.17) is 14.2 Å². The number of nitrogens with zero attached hydrogens (tertiary/aromatic N) is 3. The van der Waals surface area contributed by atoms with Crippen molar-refractivity contribution in [1.29, 1.82) is 0 Å². The number of hydrogen-bond donors (Lipinski definition) is 1. The standard InChI is InChI=1S/C12H20N4O4/c1-4-18-9-14-16(12(19-5-2)20-6-3)11(17)10-7-8-13-15-10/h7-9,12H,4-6H2,1-3H3,(H,13,15)/b14-9-. The topological polar surface area (TPSA) is 89.0 Å². The van der Waals surface area contributed by atoms with Crippen molar-refractivity contribution in [3.05, 3.63) is 18.0 Å². The highest BCUT2D eigenvalue weighted by Crippen LogP contribution is 2.10. The Hall–Kier alpha value is -1.93. The average Bonchev–Trinajstić information content (AvgIpc) is 2.97.